The van der Waals surface area contributed by atoms with Gasteiger partial charge in [-0.3, -0.25) is 0 Å². The normalized spacial score (nSPS) is 13.8. The SMILES string of the molecule is CN1CCN(c2ccc(C#Cc3nccc4cnc(Nc5ccc(S(=O)(=O)Nc6ncccn6)cc5)cc34)cc2)CC1. The minimum atomic E-state index is -3.82. The third-order valence-corrected chi connectivity index (χ3v) is 8.28. The van der Waals surface area contributed by atoms with Gasteiger partial charge in [-0.1, -0.05) is 5.92 Å². The molecule has 210 valence electrons. The van der Waals surface area contributed by atoms with Crippen LogP contribution in [-0.2, 0) is 10.0 Å². The van der Waals surface area contributed by atoms with Gasteiger partial charge in [0.05, 0.1) is 4.90 Å². The molecule has 3 aromatic heterocycles. The molecule has 1 fully saturated rings. The number of piperazine rings is 1. The van der Waals surface area contributed by atoms with Gasteiger partial charge in [0.2, 0.25) is 5.95 Å². The summed E-state index contributed by atoms with van der Waals surface area (Å²) < 4.78 is 27.7. The van der Waals surface area contributed by atoms with E-state index in [4.69, 9.17) is 0 Å². The lowest BCUT2D eigenvalue weighted by atomic mass is 10.1. The van der Waals surface area contributed by atoms with E-state index in [9.17, 15) is 8.42 Å². The van der Waals surface area contributed by atoms with E-state index < -0.39 is 10.0 Å². The zero-order valence-corrected chi connectivity index (χ0v) is 23.7. The second kappa shape index (κ2) is 11.8. The van der Waals surface area contributed by atoms with E-state index in [2.05, 4.69) is 70.8 Å². The number of aromatic nitrogens is 4. The molecule has 5 aromatic rings. The summed E-state index contributed by atoms with van der Waals surface area (Å²) in [6, 6.07) is 20.1. The molecule has 42 heavy (non-hydrogen) atoms. The smallest absolute Gasteiger partial charge is 0.264 e. The molecule has 0 amide bonds. The molecule has 1 saturated heterocycles. The van der Waals surface area contributed by atoms with Gasteiger partial charge in [0, 0.05) is 78.7 Å². The minimum Gasteiger partial charge on any atom is -0.369 e. The van der Waals surface area contributed by atoms with Crippen LogP contribution in [0.5, 0.6) is 0 Å². The molecule has 0 radical (unpaired) electrons. The number of anilines is 4. The molecule has 2 N–H and O–H groups in total. The first-order valence-electron chi connectivity index (χ1n) is 13.4. The van der Waals surface area contributed by atoms with Crippen LogP contribution in [0.25, 0.3) is 10.8 Å². The fraction of sp³-hybridized carbons (Fsp3) is 0.161. The summed E-state index contributed by atoms with van der Waals surface area (Å²) >= 11 is 0. The van der Waals surface area contributed by atoms with E-state index >= 15 is 0 Å². The number of sulfonamides is 1. The third-order valence-electron chi connectivity index (χ3n) is 6.94. The van der Waals surface area contributed by atoms with Gasteiger partial charge >= 0.3 is 0 Å². The molecule has 6 rings (SSSR count). The van der Waals surface area contributed by atoms with Crippen LogP contribution in [0.4, 0.5) is 23.1 Å². The van der Waals surface area contributed by atoms with Crippen LogP contribution < -0.4 is 14.9 Å². The molecule has 0 spiro atoms. The first-order valence-corrected chi connectivity index (χ1v) is 14.9. The van der Waals surface area contributed by atoms with Crippen molar-refractivity contribution in [1.29, 1.82) is 0 Å². The quantitative estimate of drug-likeness (QED) is 0.288. The standard InChI is InChI=1S/C31H28N8O2S/c1-38-17-19-39(20-18-38)26-8-3-23(4-9-26)5-12-29-28-21-30(35-22-24(28)13-16-32-29)36-25-6-10-27(11-7-25)42(40,41)37-31-33-14-2-15-34-31/h2-4,6-11,13-16,21-22H,17-20H2,1H3,(H,35,36)(H,33,34,37). The molecule has 11 heteroatoms. The Kier molecular flexibility index (Phi) is 7.64. The number of pyridine rings is 2. The van der Waals surface area contributed by atoms with Crippen molar-refractivity contribution < 1.29 is 8.42 Å². The predicted octanol–water partition coefficient (Wildman–Crippen LogP) is 4.12. The molecule has 1 aliphatic heterocycles. The van der Waals surface area contributed by atoms with E-state index in [-0.39, 0.29) is 10.8 Å². The monoisotopic (exact) mass is 576 g/mol. The van der Waals surface area contributed by atoms with E-state index in [1.165, 1.54) is 30.2 Å². The van der Waals surface area contributed by atoms with Gasteiger partial charge < -0.3 is 15.1 Å². The van der Waals surface area contributed by atoms with Crippen LogP contribution in [-0.4, -0.2) is 66.5 Å². The molecule has 0 bridgehead atoms. The minimum absolute atomic E-state index is 0.00949. The topological polar surface area (TPSA) is 116 Å². The first kappa shape index (κ1) is 27.1. The van der Waals surface area contributed by atoms with Crippen LogP contribution in [0.1, 0.15) is 11.3 Å². The van der Waals surface area contributed by atoms with Crippen LogP contribution >= 0.6 is 0 Å². The highest BCUT2D eigenvalue weighted by Gasteiger charge is 2.16. The van der Waals surface area contributed by atoms with E-state index in [1.54, 1.807) is 30.6 Å². The number of nitrogens with one attached hydrogen (secondary N) is 2. The van der Waals surface area contributed by atoms with E-state index in [1.807, 2.05) is 24.3 Å². The summed E-state index contributed by atoms with van der Waals surface area (Å²) in [5.74, 6) is 7.06. The number of hydrogen-bond acceptors (Lipinski definition) is 9. The third kappa shape index (κ3) is 6.30. The Hall–Kier alpha value is -5.05. The molecule has 0 atom stereocenters. The average molecular weight is 577 g/mol. The summed E-state index contributed by atoms with van der Waals surface area (Å²) in [5, 5.41) is 5.01. The van der Waals surface area contributed by atoms with Crippen molar-refractivity contribution in [1.82, 2.24) is 24.8 Å². The van der Waals surface area contributed by atoms with Crippen molar-refractivity contribution in [3.8, 4) is 11.8 Å². The van der Waals surface area contributed by atoms with Gasteiger partial charge in [0.25, 0.3) is 10.0 Å². The maximum absolute atomic E-state index is 12.7. The van der Waals surface area contributed by atoms with Crippen molar-refractivity contribution in [2.45, 2.75) is 4.90 Å². The van der Waals surface area contributed by atoms with E-state index in [0.717, 1.165) is 42.5 Å². The average Bonchev–Trinajstić information content (AvgIpc) is 3.01. The number of nitrogens with zero attached hydrogens (tertiary/aromatic N) is 6. The summed E-state index contributed by atoms with van der Waals surface area (Å²) in [5.41, 5.74) is 3.46. The Balaban J connectivity index is 1.17. The molecule has 1 aliphatic rings. The Bertz CT molecular complexity index is 1860. The molecule has 10 nitrogen and oxygen atoms in total. The van der Waals surface area contributed by atoms with Gasteiger partial charge in [0.15, 0.2) is 0 Å². The summed E-state index contributed by atoms with van der Waals surface area (Å²) in [6.45, 7) is 4.18. The van der Waals surface area contributed by atoms with Crippen LogP contribution in [0.15, 0.2) is 96.4 Å². The van der Waals surface area contributed by atoms with Gasteiger partial charge in [-0.2, -0.15) is 0 Å². The number of likely N-dealkylation sites (N-methyl/N-ethyl adjacent to an activating group) is 1. The van der Waals surface area contributed by atoms with E-state index in [0.29, 0.717) is 17.2 Å². The first-order chi connectivity index (χ1) is 20.4. The van der Waals surface area contributed by atoms with Crippen molar-refractivity contribution >= 4 is 43.9 Å². The maximum Gasteiger partial charge on any atom is 0.264 e. The molecule has 2 aromatic carbocycles. The van der Waals surface area contributed by atoms with Crippen LogP contribution in [0, 0.1) is 11.8 Å². The molecular weight excluding hydrogens is 548 g/mol. The summed E-state index contributed by atoms with van der Waals surface area (Å²) in [6.07, 6.45) is 6.42. The second-order valence-electron chi connectivity index (χ2n) is 9.86. The van der Waals surface area contributed by atoms with Gasteiger partial charge in [-0.05, 0) is 79.7 Å². The number of benzene rings is 2. The summed E-state index contributed by atoms with van der Waals surface area (Å²) in [7, 11) is -1.67. The fourth-order valence-electron chi connectivity index (χ4n) is 4.58. The highest BCUT2D eigenvalue weighted by atomic mass is 32.2. The highest BCUT2D eigenvalue weighted by molar-refractivity contribution is 7.92. The zero-order valence-electron chi connectivity index (χ0n) is 22.9. The van der Waals surface area contributed by atoms with Gasteiger partial charge in [-0.15, -0.1) is 0 Å². The van der Waals surface area contributed by atoms with Gasteiger partial charge in [-0.25, -0.2) is 33.1 Å². The Morgan fingerprint density at radius 3 is 2.29 bits per heavy atom. The lowest BCUT2D eigenvalue weighted by Crippen LogP contribution is -2.44. The molecular formula is C31H28N8O2S. The lowest BCUT2D eigenvalue weighted by Gasteiger charge is -2.34. The van der Waals surface area contributed by atoms with Crippen molar-refractivity contribution in [2.24, 2.45) is 0 Å². The van der Waals surface area contributed by atoms with Crippen molar-refractivity contribution in [2.75, 3.05) is 48.2 Å². The second-order valence-corrected chi connectivity index (χ2v) is 11.5. The van der Waals surface area contributed by atoms with Crippen molar-refractivity contribution in [3.63, 3.8) is 0 Å². The summed E-state index contributed by atoms with van der Waals surface area (Å²) in [4.78, 5) is 21.7. The Morgan fingerprint density at radius 1 is 0.810 bits per heavy atom. The Morgan fingerprint density at radius 2 is 1.55 bits per heavy atom. The molecule has 0 unspecified atom stereocenters. The Labute approximate surface area is 244 Å². The zero-order chi connectivity index (χ0) is 28.9. The predicted molar refractivity (Wildman–Crippen MR) is 164 cm³/mol. The fourth-order valence-corrected chi connectivity index (χ4v) is 5.54. The van der Waals surface area contributed by atoms with Crippen LogP contribution in [0.2, 0.25) is 0 Å². The van der Waals surface area contributed by atoms with Gasteiger partial charge in [0.1, 0.15) is 11.5 Å². The molecule has 4 heterocycles. The maximum atomic E-state index is 12.7. The lowest BCUT2D eigenvalue weighted by molar-refractivity contribution is 0.313. The highest BCUT2D eigenvalue weighted by Crippen LogP contribution is 2.23. The number of fused-ring (bicyclic) bond motifs is 1. The number of rotatable bonds is 6. The van der Waals surface area contributed by atoms with Crippen LogP contribution in [0.3, 0.4) is 0 Å². The molecule has 0 aliphatic carbocycles. The largest absolute Gasteiger partial charge is 0.369 e. The molecule has 0 saturated carbocycles. The number of hydrogen-bond donors (Lipinski definition) is 2. The van der Waals surface area contributed by atoms with Crippen molar-refractivity contribution in [3.05, 3.63) is 103 Å².